The van der Waals surface area contributed by atoms with Crippen LogP contribution in [0.3, 0.4) is 0 Å². The molecule has 1 heterocycles. The van der Waals surface area contributed by atoms with Crippen LogP contribution in [0.4, 0.5) is 5.69 Å². The minimum absolute atomic E-state index is 0.967. The Kier molecular flexibility index (Phi) is 2.31. The summed E-state index contributed by atoms with van der Waals surface area (Å²) in [5, 5.41) is 3.15. The molecule has 0 atom stereocenters. The summed E-state index contributed by atoms with van der Waals surface area (Å²) < 4.78 is 0. The molecule has 78 valence electrons. The predicted molar refractivity (Wildman–Crippen MR) is 63.3 cm³/mol. The maximum Gasteiger partial charge on any atom is 0.0939 e. The maximum atomic E-state index is 4.58. The van der Waals surface area contributed by atoms with Gasteiger partial charge in [0, 0.05) is 18.3 Å². The number of nitrogens with one attached hydrogen (secondary N) is 1. The Morgan fingerprint density at radius 2 is 1.67 bits per heavy atom. The molecule has 0 fully saturated rings. The molecule has 0 aliphatic heterocycles. The summed E-state index contributed by atoms with van der Waals surface area (Å²) in [5.41, 5.74) is 6.23. The topological polar surface area (TPSA) is 37.8 Å². The van der Waals surface area contributed by atoms with E-state index in [0.717, 1.165) is 33.7 Å². The van der Waals surface area contributed by atoms with E-state index < -0.39 is 0 Å². The van der Waals surface area contributed by atoms with Crippen molar-refractivity contribution in [2.24, 2.45) is 0 Å². The first-order valence-corrected chi connectivity index (χ1v) is 5.06. The number of aryl methyl sites for hydroxylation is 3. The van der Waals surface area contributed by atoms with E-state index in [9.17, 15) is 0 Å². The number of nitrogens with zero attached hydrogens (tertiary/aromatic N) is 2. The van der Waals surface area contributed by atoms with Gasteiger partial charge in [-0.3, -0.25) is 0 Å². The zero-order chi connectivity index (χ0) is 11.0. The lowest BCUT2D eigenvalue weighted by Crippen LogP contribution is -1.98. The predicted octanol–water partition coefficient (Wildman–Crippen LogP) is 2.60. The number of hydrogen-bond acceptors (Lipinski definition) is 3. The third-order valence-electron chi connectivity index (χ3n) is 2.77. The Hall–Kier alpha value is -1.64. The van der Waals surface area contributed by atoms with Crippen LogP contribution in [0.15, 0.2) is 12.1 Å². The van der Waals surface area contributed by atoms with Gasteiger partial charge in [0.1, 0.15) is 0 Å². The van der Waals surface area contributed by atoms with Crippen LogP contribution in [0, 0.1) is 20.8 Å². The van der Waals surface area contributed by atoms with Gasteiger partial charge in [-0.15, -0.1) is 0 Å². The van der Waals surface area contributed by atoms with Crippen molar-refractivity contribution < 1.29 is 0 Å². The smallest absolute Gasteiger partial charge is 0.0939 e. The largest absolute Gasteiger partial charge is 0.388 e. The van der Waals surface area contributed by atoms with E-state index in [2.05, 4.69) is 22.2 Å². The van der Waals surface area contributed by atoms with Crippen LogP contribution in [0.1, 0.15) is 17.0 Å². The highest BCUT2D eigenvalue weighted by molar-refractivity contribution is 5.83. The molecular formula is C12H15N3. The van der Waals surface area contributed by atoms with Crippen LogP contribution in [-0.4, -0.2) is 17.0 Å². The van der Waals surface area contributed by atoms with Gasteiger partial charge in [-0.05, 0) is 32.9 Å². The Morgan fingerprint density at radius 1 is 1.00 bits per heavy atom. The quantitative estimate of drug-likeness (QED) is 0.770. The van der Waals surface area contributed by atoms with E-state index in [1.54, 1.807) is 0 Å². The van der Waals surface area contributed by atoms with Crippen LogP contribution < -0.4 is 5.32 Å². The number of fused-ring (bicyclic) bond motifs is 1. The number of benzene rings is 1. The van der Waals surface area contributed by atoms with Crippen LogP contribution in [0.25, 0.3) is 11.0 Å². The van der Waals surface area contributed by atoms with Gasteiger partial charge in [0.05, 0.1) is 22.4 Å². The van der Waals surface area contributed by atoms with Gasteiger partial charge >= 0.3 is 0 Å². The van der Waals surface area contributed by atoms with Crippen molar-refractivity contribution in [1.82, 2.24) is 9.97 Å². The Balaban J connectivity index is 2.81. The normalized spacial score (nSPS) is 10.7. The molecule has 0 bridgehead atoms. The summed E-state index contributed by atoms with van der Waals surface area (Å²) >= 11 is 0. The second-order valence-corrected chi connectivity index (χ2v) is 3.75. The van der Waals surface area contributed by atoms with Crippen molar-refractivity contribution in [3.63, 3.8) is 0 Å². The van der Waals surface area contributed by atoms with Crippen molar-refractivity contribution in [2.45, 2.75) is 20.8 Å². The van der Waals surface area contributed by atoms with Gasteiger partial charge in [-0.1, -0.05) is 0 Å². The molecule has 1 N–H and O–H groups in total. The van der Waals surface area contributed by atoms with Crippen molar-refractivity contribution in [3.05, 3.63) is 29.1 Å². The third kappa shape index (κ3) is 1.54. The second-order valence-electron chi connectivity index (χ2n) is 3.75. The highest BCUT2D eigenvalue weighted by Gasteiger charge is 2.06. The van der Waals surface area contributed by atoms with Crippen molar-refractivity contribution in [2.75, 3.05) is 12.4 Å². The van der Waals surface area contributed by atoms with E-state index in [0.29, 0.717) is 0 Å². The number of aromatic nitrogens is 2. The molecule has 3 heteroatoms. The zero-order valence-corrected chi connectivity index (χ0v) is 9.55. The third-order valence-corrected chi connectivity index (χ3v) is 2.77. The fourth-order valence-corrected chi connectivity index (χ4v) is 1.70. The van der Waals surface area contributed by atoms with Gasteiger partial charge in [0.25, 0.3) is 0 Å². The molecule has 0 saturated heterocycles. The van der Waals surface area contributed by atoms with Gasteiger partial charge in [-0.2, -0.15) is 0 Å². The zero-order valence-electron chi connectivity index (χ0n) is 9.55. The summed E-state index contributed by atoms with van der Waals surface area (Å²) in [5.74, 6) is 0. The van der Waals surface area contributed by atoms with Gasteiger partial charge < -0.3 is 5.32 Å². The fraction of sp³-hybridized carbons (Fsp3) is 0.333. The molecule has 2 rings (SSSR count). The Morgan fingerprint density at radius 3 is 2.33 bits per heavy atom. The standard InChI is InChI=1S/C12H15N3/c1-7-10(13-4)5-6-11-12(7)15-9(3)8(2)14-11/h5-6,13H,1-4H3. The van der Waals surface area contributed by atoms with E-state index in [-0.39, 0.29) is 0 Å². The molecule has 0 unspecified atom stereocenters. The molecule has 0 amide bonds. The van der Waals surface area contributed by atoms with Crippen LogP contribution >= 0.6 is 0 Å². The molecular weight excluding hydrogens is 186 g/mol. The lowest BCUT2D eigenvalue weighted by molar-refractivity contribution is 1.10. The summed E-state index contributed by atoms with van der Waals surface area (Å²) in [6, 6.07) is 4.05. The highest BCUT2D eigenvalue weighted by Crippen LogP contribution is 2.23. The molecule has 0 spiro atoms. The molecule has 15 heavy (non-hydrogen) atoms. The van der Waals surface area contributed by atoms with E-state index >= 15 is 0 Å². The molecule has 0 radical (unpaired) electrons. The second kappa shape index (κ2) is 3.50. The van der Waals surface area contributed by atoms with Crippen LogP contribution in [-0.2, 0) is 0 Å². The lowest BCUT2D eigenvalue weighted by Gasteiger charge is -2.09. The monoisotopic (exact) mass is 201 g/mol. The van der Waals surface area contributed by atoms with Crippen molar-refractivity contribution in [1.29, 1.82) is 0 Å². The number of anilines is 1. The average Bonchev–Trinajstić information content (AvgIpc) is 2.22. The van der Waals surface area contributed by atoms with E-state index in [4.69, 9.17) is 0 Å². The highest BCUT2D eigenvalue weighted by atomic mass is 14.9. The molecule has 0 aliphatic carbocycles. The Labute approximate surface area is 89.6 Å². The van der Waals surface area contributed by atoms with Crippen LogP contribution in [0.5, 0.6) is 0 Å². The number of rotatable bonds is 1. The SMILES string of the molecule is CNc1ccc2nc(C)c(C)nc2c1C. The molecule has 1 aromatic heterocycles. The molecule has 0 aliphatic rings. The summed E-state index contributed by atoms with van der Waals surface area (Å²) in [7, 11) is 1.92. The van der Waals surface area contributed by atoms with E-state index in [1.165, 1.54) is 0 Å². The van der Waals surface area contributed by atoms with Gasteiger partial charge in [-0.25, -0.2) is 9.97 Å². The number of hydrogen-bond donors (Lipinski definition) is 1. The summed E-state index contributed by atoms with van der Waals surface area (Å²) in [4.78, 5) is 9.10. The summed E-state index contributed by atoms with van der Waals surface area (Å²) in [6.07, 6.45) is 0. The minimum atomic E-state index is 0.967. The summed E-state index contributed by atoms with van der Waals surface area (Å²) in [6.45, 7) is 6.05. The molecule has 0 saturated carbocycles. The first-order valence-electron chi connectivity index (χ1n) is 5.06. The Bertz CT molecular complexity index is 518. The van der Waals surface area contributed by atoms with Crippen molar-refractivity contribution >= 4 is 16.7 Å². The van der Waals surface area contributed by atoms with Gasteiger partial charge in [0.15, 0.2) is 0 Å². The molecule has 3 nitrogen and oxygen atoms in total. The fourth-order valence-electron chi connectivity index (χ4n) is 1.70. The maximum absolute atomic E-state index is 4.58. The molecule has 1 aromatic carbocycles. The van der Waals surface area contributed by atoms with Crippen LogP contribution in [0.2, 0.25) is 0 Å². The van der Waals surface area contributed by atoms with E-state index in [1.807, 2.05) is 33.0 Å². The van der Waals surface area contributed by atoms with Gasteiger partial charge in [0.2, 0.25) is 0 Å². The molecule has 2 aromatic rings. The first kappa shape index (κ1) is 9.90. The first-order chi connectivity index (χ1) is 7.13. The lowest BCUT2D eigenvalue weighted by atomic mass is 10.1. The minimum Gasteiger partial charge on any atom is -0.388 e. The van der Waals surface area contributed by atoms with Crippen molar-refractivity contribution in [3.8, 4) is 0 Å². The average molecular weight is 201 g/mol.